The summed E-state index contributed by atoms with van der Waals surface area (Å²) in [6.45, 7) is 3.25. The minimum absolute atomic E-state index is 0.137. The van der Waals surface area contributed by atoms with Crippen molar-refractivity contribution in [2.24, 2.45) is 5.92 Å². The van der Waals surface area contributed by atoms with Gasteiger partial charge in [0, 0.05) is 18.6 Å². The van der Waals surface area contributed by atoms with Gasteiger partial charge in [0.05, 0.1) is 11.4 Å². The average Bonchev–Trinajstić information content (AvgIpc) is 3.32. The number of aromatic nitrogens is 4. The Morgan fingerprint density at radius 3 is 2.56 bits per heavy atom. The highest BCUT2D eigenvalue weighted by atomic mass is 32.2. The van der Waals surface area contributed by atoms with Crippen LogP contribution in [-0.4, -0.2) is 39.3 Å². The van der Waals surface area contributed by atoms with Gasteiger partial charge in [-0.2, -0.15) is 5.10 Å². The quantitative estimate of drug-likeness (QED) is 0.777. The molecule has 0 spiro atoms. The van der Waals surface area contributed by atoms with Gasteiger partial charge in [-0.1, -0.05) is 25.7 Å². The highest BCUT2D eigenvalue weighted by molar-refractivity contribution is 7.92. The molecule has 1 amide bonds. The maximum absolute atomic E-state index is 12.9. The van der Waals surface area contributed by atoms with Gasteiger partial charge in [0.15, 0.2) is 9.84 Å². The lowest BCUT2D eigenvalue weighted by molar-refractivity contribution is -0.120. The molecular weight excluding hydrogens is 366 g/mol. The topological polar surface area (TPSA) is 107 Å². The molecule has 27 heavy (non-hydrogen) atoms. The van der Waals surface area contributed by atoms with Crippen LogP contribution < -0.4 is 5.32 Å². The molecule has 8 nitrogen and oxygen atoms in total. The maximum Gasteiger partial charge on any atom is 0.251 e. The van der Waals surface area contributed by atoms with Crippen LogP contribution >= 0.6 is 0 Å². The molecule has 1 fully saturated rings. The molecule has 1 N–H and O–H groups in total. The lowest BCUT2D eigenvalue weighted by atomic mass is 9.98. The van der Waals surface area contributed by atoms with Crippen molar-refractivity contribution < 1.29 is 13.2 Å². The predicted octanol–water partition coefficient (Wildman–Crippen LogP) is 2.62. The van der Waals surface area contributed by atoms with Gasteiger partial charge in [-0.15, -0.1) is 0 Å². The van der Waals surface area contributed by atoms with Crippen molar-refractivity contribution in [2.45, 2.75) is 62.1 Å². The van der Waals surface area contributed by atoms with E-state index in [1.807, 2.05) is 0 Å². The molecule has 1 aliphatic rings. The Bertz CT molecular complexity index is 873. The van der Waals surface area contributed by atoms with Crippen LogP contribution in [0.3, 0.4) is 0 Å². The van der Waals surface area contributed by atoms with Gasteiger partial charge < -0.3 is 0 Å². The minimum atomic E-state index is -3.44. The van der Waals surface area contributed by atoms with Crippen LogP contribution in [-0.2, 0) is 14.6 Å². The van der Waals surface area contributed by atoms with E-state index in [9.17, 15) is 13.2 Å². The summed E-state index contributed by atoms with van der Waals surface area (Å²) in [5.74, 6) is 0.359. The molecule has 0 radical (unpaired) electrons. The Labute approximate surface area is 159 Å². The van der Waals surface area contributed by atoms with Crippen molar-refractivity contribution in [3.05, 3.63) is 30.9 Å². The molecule has 3 rings (SSSR count). The molecule has 0 bridgehead atoms. The second-order valence-electron chi connectivity index (χ2n) is 7.21. The van der Waals surface area contributed by atoms with E-state index in [4.69, 9.17) is 0 Å². The third-order valence-electron chi connectivity index (χ3n) is 4.98. The monoisotopic (exact) mass is 391 g/mol. The average molecular weight is 391 g/mol. The Balaban J connectivity index is 1.85. The summed E-state index contributed by atoms with van der Waals surface area (Å²) < 4.78 is 26.3. The van der Waals surface area contributed by atoms with Gasteiger partial charge in [0.1, 0.15) is 10.9 Å². The van der Waals surface area contributed by atoms with Gasteiger partial charge in [-0.25, -0.2) is 18.4 Å². The minimum Gasteiger partial charge on any atom is -0.293 e. The van der Waals surface area contributed by atoms with Crippen molar-refractivity contribution in [2.75, 3.05) is 5.32 Å². The zero-order valence-corrected chi connectivity index (χ0v) is 16.4. The summed E-state index contributed by atoms with van der Waals surface area (Å²) in [6.07, 6.45) is 11.0. The van der Waals surface area contributed by atoms with Crippen LogP contribution in [0, 0.1) is 5.92 Å². The standard InChI is InChI=1S/C18H25N5O3S/c1-13(2)27(25,26)15-11-21-23(12-15)16(10-14-6-3-4-7-14)17(24)22-18-19-8-5-9-20-18/h5,8-9,11-14,16H,3-4,6-7,10H2,1-2H3,(H,19,20,22,24). The van der Waals surface area contributed by atoms with E-state index in [2.05, 4.69) is 20.4 Å². The summed E-state index contributed by atoms with van der Waals surface area (Å²) in [6, 6.07) is 1.07. The largest absolute Gasteiger partial charge is 0.293 e. The summed E-state index contributed by atoms with van der Waals surface area (Å²) in [7, 11) is -3.44. The van der Waals surface area contributed by atoms with Crippen LogP contribution in [0.25, 0.3) is 0 Å². The second kappa shape index (κ2) is 8.16. The first kappa shape index (κ1) is 19.5. The third-order valence-corrected chi connectivity index (χ3v) is 7.09. The van der Waals surface area contributed by atoms with E-state index in [0.29, 0.717) is 12.3 Å². The van der Waals surface area contributed by atoms with E-state index in [1.165, 1.54) is 17.1 Å². The number of sulfone groups is 1. The fourth-order valence-corrected chi connectivity index (χ4v) is 4.36. The van der Waals surface area contributed by atoms with Gasteiger partial charge in [-0.3, -0.25) is 14.8 Å². The summed E-state index contributed by atoms with van der Waals surface area (Å²) >= 11 is 0. The molecule has 0 aromatic carbocycles. The van der Waals surface area contributed by atoms with Crippen LogP contribution in [0.2, 0.25) is 0 Å². The molecule has 0 aliphatic heterocycles. The Morgan fingerprint density at radius 1 is 1.26 bits per heavy atom. The number of carbonyl (C=O) groups is 1. The maximum atomic E-state index is 12.9. The molecule has 146 valence electrons. The number of hydrogen-bond acceptors (Lipinski definition) is 6. The number of nitrogens with one attached hydrogen (secondary N) is 1. The highest BCUT2D eigenvalue weighted by Gasteiger charge is 2.29. The molecule has 1 unspecified atom stereocenters. The van der Waals surface area contributed by atoms with Gasteiger partial charge in [0.25, 0.3) is 5.91 Å². The van der Waals surface area contributed by atoms with Crippen LogP contribution in [0.15, 0.2) is 35.7 Å². The molecule has 2 aromatic heterocycles. The first-order valence-electron chi connectivity index (χ1n) is 9.24. The molecule has 0 saturated heterocycles. The highest BCUT2D eigenvalue weighted by Crippen LogP contribution is 2.32. The SMILES string of the molecule is CC(C)S(=O)(=O)c1cnn(C(CC2CCCC2)C(=O)Nc2ncccn2)c1. The van der Waals surface area contributed by atoms with Crippen molar-refractivity contribution >= 4 is 21.7 Å². The predicted molar refractivity (Wildman–Crippen MR) is 101 cm³/mol. The zero-order valence-electron chi connectivity index (χ0n) is 15.6. The second-order valence-corrected chi connectivity index (χ2v) is 9.72. The number of carbonyl (C=O) groups excluding carboxylic acids is 1. The summed E-state index contributed by atoms with van der Waals surface area (Å²) in [5.41, 5.74) is 0. The molecule has 2 heterocycles. The van der Waals surface area contributed by atoms with Crippen molar-refractivity contribution in [1.29, 1.82) is 0 Å². The van der Waals surface area contributed by atoms with Crippen molar-refractivity contribution in [3.63, 3.8) is 0 Å². The fraction of sp³-hybridized carbons (Fsp3) is 0.556. The molecule has 2 aromatic rings. The number of hydrogen-bond donors (Lipinski definition) is 1. The number of amides is 1. The zero-order chi connectivity index (χ0) is 19.4. The van der Waals surface area contributed by atoms with Crippen molar-refractivity contribution in [3.8, 4) is 0 Å². The molecule has 1 atom stereocenters. The van der Waals surface area contributed by atoms with Gasteiger partial charge >= 0.3 is 0 Å². The summed E-state index contributed by atoms with van der Waals surface area (Å²) in [5, 5.41) is 6.37. The van der Waals surface area contributed by atoms with E-state index in [1.54, 1.807) is 32.3 Å². The van der Waals surface area contributed by atoms with E-state index < -0.39 is 21.1 Å². The van der Waals surface area contributed by atoms with E-state index in [-0.39, 0.29) is 16.8 Å². The normalized spacial score (nSPS) is 16.6. The van der Waals surface area contributed by atoms with E-state index >= 15 is 0 Å². The Morgan fingerprint density at radius 2 is 1.93 bits per heavy atom. The van der Waals surface area contributed by atoms with Crippen LogP contribution in [0.4, 0.5) is 5.95 Å². The van der Waals surface area contributed by atoms with Crippen LogP contribution in [0.1, 0.15) is 52.0 Å². The summed E-state index contributed by atoms with van der Waals surface area (Å²) in [4.78, 5) is 21.1. The van der Waals surface area contributed by atoms with Gasteiger partial charge in [0.2, 0.25) is 5.95 Å². The lowest BCUT2D eigenvalue weighted by Gasteiger charge is -2.20. The van der Waals surface area contributed by atoms with Crippen molar-refractivity contribution in [1.82, 2.24) is 19.7 Å². The van der Waals surface area contributed by atoms with Gasteiger partial charge in [-0.05, 0) is 32.3 Å². The fourth-order valence-electron chi connectivity index (χ4n) is 3.36. The van der Waals surface area contributed by atoms with E-state index in [0.717, 1.165) is 25.7 Å². The molecule has 9 heteroatoms. The first-order chi connectivity index (χ1) is 12.9. The lowest BCUT2D eigenvalue weighted by Crippen LogP contribution is -2.29. The Hall–Kier alpha value is -2.29. The molecular formula is C18H25N5O3S. The Kier molecular flexibility index (Phi) is 5.88. The van der Waals surface area contributed by atoms with Crippen LogP contribution in [0.5, 0.6) is 0 Å². The number of nitrogens with zero attached hydrogens (tertiary/aromatic N) is 4. The molecule has 1 saturated carbocycles. The number of rotatable bonds is 7. The first-order valence-corrected chi connectivity index (χ1v) is 10.8. The molecule has 1 aliphatic carbocycles. The smallest absolute Gasteiger partial charge is 0.251 e. The number of anilines is 1. The third kappa shape index (κ3) is 4.52.